The summed E-state index contributed by atoms with van der Waals surface area (Å²) in [5.74, 6) is -4.79. The van der Waals surface area contributed by atoms with Gasteiger partial charge in [0, 0.05) is 0 Å². The lowest BCUT2D eigenvalue weighted by molar-refractivity contribution is -0.145. The van der Waals surface area contributed by atoms with E-state index in [2.05, 4.69) is 5.32 Å². The Hall–Kier alpha value is -2.20. The second-order valence-corrected chi connectivity index (χ2v) is 5.64. The van der Waals surface area contributed by atoms with E-state index in [9.17, 15) is 24.3 Å². The van der Waals surface area contributed by atoms with Gasteiger partial charge >= 0.3 is 11.9 Å². The summed E-state index contributed by atoms with van der Waals surface area (Å²) in [5, 5.41) is 31.4. The molecule has 24 heavy (non-hydrogen) atoms. The largest absolute Gasteiger partial charge is 0.481 e. The lowest BCUT2D eigenvalue weighted by Crippen LogP contribution is -2.57. The third-order valence-electron chi connectivity index (χ3n) is 3.62. The zero-order valence-electron chi connectivity index (χ0n) is 13.9. The lowest BCUT2D eigenvalue weighted by atomic mass is 9.99. The number of hydrogen-bond donors (Lipinski definition) is 6. The van der Waals surface area contributed by atoms with Crippen LogP contribution >= 0.6 is 0 Å². The number of hydrogen-bond acceptors (Lipinski definition) is 6. The molecule has 5 atom stereocenters. The fourth-order valence-electron chi connectivity index (χ4n) is 1.81. The van der Waals surface area contributed by atoms with Gasteiger partial charge in [0.2, 0.25) is 11.8 Å². The van der Waals surface area contributed by atoms with Crippen LogP contribution in [0.3, 0.4) is 0 Å². The van der Waals surface area contributed by atoms with Crippen LogP contribution in [0.5, 0.6) is 0 Å². The third kappa shape index (κ3) is 6.92. The average Bonchev–Trinajstić information content (AvgIpc) is 2.48. The number of carbonyl (C=O) groups excluding carboxylic acids is 2. The molecule has 0 spiro atoms. The number of carboxylic acid groups (broad SMARTS) is 2. The maximum Gasteiger partial charge on any atom is 0.328 e. The Balaban J connectivity index is 5.12. The van der Waals surface area contributed by atoms with E-state index < -0.39 is 54.4 Å². The number of nitrogens with two attached hydrogens (primary N) is 1. The van der Waals surface area contributed by atoms with Crippen molar-refractivity contribution in [2.24, 2.45) is 11.7 Å². The van der Waals surface area contributed by atoms with Gasteiger partial charge in [-0.1, -0.05) is 20.3 Å². The molecule has 0 radical (unpaired) electrons. The van der Waals surface area contributed by atoms with E-state index in [0.717, 1.165) is 6.92 Å². The van der Waals surface area contributed by atoms with Crippen LogP contribution in [0, 0.1) is 5.92 Å². The normalized spacial score (nSPS) is 17.0. The van der Waals surface area contributed by atoms with Gasteiger partial charge < -0.3 is 31.7 Å². The number of aliphatic hydroxyl groups is 1. The molecular formula is C14H25N3O7. The smallest absolute Gasteiger partial charge is 0.328 e. The van der Waals surface area contributed by atoms with Crippen molar-refractivity contribution in [3.63, 3.8) is 0 Å². The first-order valence-electron chi connectivity index (χ1n) is 7.50. The summed E-state index contributed by atoms with van der Waals surface area (Å²) in [5.41, 5.74) is 5.72. The van der Waals surface area contributed by atoms with Crippen molar-refractivity contribution in [1.29, 1.82) is 0 Å². The van der Waals surface area contributed by atoms with Gasteiger partial charge in [0.05, 0.1) is 18.6 Å². The minimum atomic E-state index is -1.63. The van der Waals surface area contributed by atoms with Crippen molar-refractivity contribution in [2.45, 2.75) is 57.8 Å². The van der Waals surface area contributed by atoms with E-state index in [0.29, 0.717) is 6.42 Å². The molecule has 10 nitrogen and oxygen atoms in total. The first kappa shape index (κ1) is 21.8. The molecule has 138 valence electrons. The molecule has 0 aromatic heterocycles. The summed E-state index contributed by atoms with van der Waals surface area (Å²) in [6.45, 7) is 4.70. The van der Waals surface area contributed by atoms with Crippen molar-refractivity contribution in [3.05, 3.63) is 0 Å². The highest BCUT2D eigenvalue weighted by Crippen LogP contribution is 2.06. The zero-order chi connectivity index (χ0) is 19.0. The van der Waals surface area contributed by atoms with Crippen LogP contribution in [-0.4, -0.2) is 63.3 Å². The predicted molar refractivity (Wildman–Crippen MR) is 82.9 cm³/mol. The van der Waals surface area contributed by atoms with Crippen molar-refractivity contribution >= 4 is 23.8 Å². The molecule has 5 unspecified atom stereocenters. The maximum atomic E-state index is 12.1. The van der Waals surface area contributed by atoms with E-state index in [-0.39, 0.29) is 5.92 Å². The zero-order valence-corrected chi connectivity index (χ0v) is 13.9. The van der Waals surface area contributed by atoms with Crippen molar-refractivity contribution in [3.8, 4) is 0 Å². The van der Waals surface area contributed by atoms with Gasteiger partial charge in [-0.15, -0.1) is 0 Å². The molecule has 0 saturated carbocycles. The van der Waals surface area contributed by atoms with Crippen LogP contribution in [0.25, 0.3) is 0 Å². The van der Waals surface area contributed by atoms with Crippen molar-refractivity contribution < 1.29 is 34.5 Å². The SMILES string of the molecule is CCC(C)C(N)C(=O)NC(CC(=O)O)C(=O)NC(C(=O)O)C(C)O. The van der Waals surface area contributed by atoms with Gasteiger partial charge in [0.15, 0.2) is 6.04 Å². The molecule has 0 heterocycles. The predicted octanol–water partition coefficient (Wildman–Crippen LogP) is -1.73. The molecule has 0 aliphatic carbocycles. The van der Waals surface area contributed by atoms with E-state index in [1.807, 2.05) is 12.2 Å². The summed E-state index contributed by atoms with van der Waals surface area (Å²) in [4.78, 5) is 46.0. The minimum Gasteiger partial charge on any atom is -0.481 e. The monoisotopic (exact) mass is 347 g/mol. The summed E-state index contributed by atoms with van der Waals surface area (Å²) in [6, 6.07) is -4.08. The first-order valence-corrected chi connectivity index (χ1v) is 7.50. The molecule has 2 amide bonds. The first-order chi connectivity index (χ1) is 11.0. The molecule has 7 N–H and O–H groups in total. The summed E-state index contributed by atoms with van der Waals surface area (Å²) < 4.78 is 0. The van der Waals surface area contributed by atoms with Gasteiger partial charge in [0.1, 0.15) is 6.04 Å². The molecule has 10 heteroatoms. The lowest BCUT2D eigenvalue weighted by Gasteiger charge is -2.24. The Morgan fingerprint density at radius 2 is 1.58 bits per heavy atom. The molecule has 0 aliphatic rings. The number of aliphatic hydroxyl groups excluding tert-OH is 1. The molecule has 0 aliphatic heterocycles. The highest BCUT2D eigenvalue weighted by atomic mass is 16.4. The topological polar surface area (TPSA) is 179 Å². The maximum absolute atomic E-state index is 12.1. The quantitative estimate of drug-likeness (QED) is 0.270. The molecule has 0 aromatic rings. The van der Waals surface area contributed by atoms with Crippen LogP contribution in [0.2, 0.25) is 0 Å². The van der Waals surface area contributed by atoms with Gasteiger partial charge in [-0.2, -0.15) is 0 Å². The molecule has 0 rings (SSSR count). The summed E-state index contributed by atoms with van der Waals surface area (Å²) >= 11 is 0. The Kier molecular flexibility index (Phi) is 8.93. The van der Waals surface area contributed by atoms with Crippen LogP contribution in [0.15, 0.2) is 0 Å². The Morgan fingerprint density at radius 3 is 1.96 bits per heavy atom. The van der Waals surface area contributed by atoms with E-state index in [4.69, 9.17) is 15.9 Å². The van der Waals surface area contributed by atoms with E-state index >= 15 is 0 Å². The van der Waals surface area contributed by atoms with Crippen molar-refractivity contribution in [1.82, 2.24) is 10.6 Å². The Labute approximate surface area is 139 Å². The highest BCUT2D eigenvalue weighted by molar-refractivity contribution is 5.94. The molecule has 0 fully saturated rings. The number of carboxylic acids is 2. The summed E-state index contributed by atoms with van der Waals surface area (Å²) in [7, 11) is 0. The van der Waals surface area contributed by atoms with Crippen LogP contribution in [0.1, 0.15) is 33.6 Å². The third-order valence-corrected chi connectivity index (χ3v) is 3.62. The molecular weight excluding hydrogens is 322 g/mol. The molecule has 0 aromatic carbocycles. The fourth-order valence-corrected chi connectivity index (χ4v) is 1.81. The number of amides is 2. The standard InChI is InChI=1S/C14H25N3O7/c1-4-6(2)10(15)13(22)16-8(5-9(19)20)12(21)17-11(7(3)18)14(23)24/h6-8,10-11,18H,4-5,15H2,1-3H3,(H,16,22)(H,17,21)(H,19,20)(H,23,24). The van der Waals surface area contributed by atoms with Crippen LogP contribution in [0.4, 0.5) is 0 Å². The second-order valence-electron chi connectivity index (χ2n) is 5.64. The number of carbonyl (C=O) groups is 4. The van der Waals surface area contributed by atoms with Gasteiger partial charge in [0.25, 0.3) is 0 Å². The highest BCUT2D eigenvalue weighted by Gasteiger charge is 2.32. The number of aliphatic carboxylic acids is 2. The Bertz CT molecular complexity index is 481. The fraction of sp³-hybridized carbons (Fsp3) is 0.714. The van der Waals surface area contributed by atoms with E-state index in [1.165, 1.54) is 0 Å². The minimum absolute atomic E-state index is 0.192. The summed E-state index contributed by atoms with van der Waals surface area (Å²) in [6.07, 6.45) is -1.56. The van der Waals surface area contributed by atoms with Crippen LogP contribution < -0.4 is 16.4 Å². The number of rotatable bonds is 10. The van der Waals surface area contributed by atoms with E-state index in [1.54, 1.807) is 6.92 Å². The average molecular weight is 347 g/mol. The van der Waals surface area contributed by atoms with Gasteiger partial charge in [-0.05, 0) is 12.8 Å². The number of nitrogens with one attached hydrogen (secondary N) is 2. The van der Waals surface area contributed by atoms with Gasteiger partial charge in [-0.3, -0.25) is 14.4 Å². The molecule has 0 saturated heterocycles. The van der Waals surface area contributed by atoms with Gasteiger partial charge in [-0.25, -0.2) is 4.79 Å². The molecule has 0 bridgehead atoms. The second kappa shape index (κ2) is 9.83. The Morgan fingerprint density at radius 1 is 1.04 bits per heavy atom. The van der Waals surface area contributed by atoms with Crippen LogP contribution in [-0.2, 0) is 19.2 Å². The van der Waals surface area contributed by atoms with Crippen molar-refractivity contribution in [2.75, 3.05) is 0 Å².